The molecule has 0 saturated carbocycles. The lowest BCUT2D eigenvalue weighted by Gasteiger charge is -2.25. The van der Waals surface area contributed by atoms with Gasteiger partial charge < -0.3 is 10.0 Å². The highest BCUT2D eigenvalue weighted by atomic mass is 16.4. The van der Waals surface area contributed by atoms with Crippen LogP contribution in [-0.4, -0.2) is 34.5 Å². The Morgan fingerprint density at radius 2 is 2.07 bits per heavy atom. The van der Waals surface area contributed by atoms with Crippen molar-refractivity contribution >= 4 is 11.9 Å². The van der Waals surface area contributed by atoms with Crippen molar-refractivity contribution in [2.45, 2.75) is 31.7 Å². The second-order valence-corrected chi connectivity index (χ2v) is 3.44. The number of carboxylic acids is 1. The van der Waals surface area contributed by atoms with E-state index in [0.29, 0.717) is 13.0 Å². The van der Waals surface area contributed by atoms with Gasteiger partial charge in [0.15, 0.2) is 0 Å². The highest BCUT2D eigenvalue weighted by Crippen LogP contribution is 2.17. The molecule has 0 radical (unpaired) electrons. The van der Waals surface area contributed by atoms with E-state index in [-0.39, 0.29) is 5.91 Å². The maximum atomic E-state index is 11.4. The molecule has 1 aliphatic rings. The molecule has 0 spiro atoms. The highest BCUT2D eigenvalue weighted by molar-refractivity contribution is 5.90. The number of rotatable bonds is 2. The number of carbonyl (C=O) groups excluding carboxylic acids is 1. The van der Waals surface area contributed by atoms with Gasteiger partial charge in [-0.3, -0.25) is 4.79 Å². The summed E-state index contributed by atoms with van der Waals surface area (Å²) in [7, 11) is 0. The summed E-state index contributed by atoms with van der Waals surface area (Å²) in [6.07, 6.45) is 4.47. The van der Waals surface area contributed by atoms with Gasteiger partial charge in [0.05, 0.1) is 0 Å². The SMILES string of the molecule is C=CC(=O)N1CCCCCC1C(=O)O. The molecule has 1 aliphatic heterocycles. The molecule has 78 valence electrons. The Hall–Kier alpha value is -1.32. The first-order valence-electron chi connectivity index (χ1n) is 4.82. The molecule has 1 heterocycles. The lowest BCUT2D eigenvalue weighted by atomic mass is 10.1. The van der Waals surface area contributed by atoms with Gasteiger partial charge in [0.1, 0.15) is 6.04 Å². The number of carbonyl (C=O) groups is 2. The van der Waals surface area contributed by atoms with Gasteiger partial charge in [0.25, 0.3) is 0 Å². The molecule has 1 N–H and O–H groups in total. The predicted molar refractivity (Wildman–Crippen MR) is 51.8 cm³/mol. The van der Waals surface area contributed by atoms with Gasteiger partial charge in [0, 0.05) is 6.54 Å². The zero-order valence-electron chi connectivity index (χ0n) is 8.11. The van der Waals surface area contributed by atoms with Crippen LogP contribution in [0, 0.1) is 0 Å². The van der Waals surface area contributed by atoms with E-state index in [1.165, 1.54) is 11.0 Å². The molecule has 0 aliphatic carbocycles. The Labute approximate surface area is 83.2 Å². The fourth-order valence-electron chi connectivity index (χ4n) is 1.75. The molecule has 14 heavy (non-hydrogen) atoms. The quantitative estimate of drug-likeness (QED) is 0.672. The zero-order valence-corrected chi connectivity index (χ0v) is 8.11. The van der Waals surface area contributed by atoms with Crippen LogP contribution >= 0.6 is 0 Å². The fraction of sp³-hybridized carbons (Fsp3) is 0.600. The third kappa shape index (κ3) is 2.34. The minimum atomic E-state index is -0.915. The second kappa shape index (κ2) is 4.79. The minimum Gasteiger partial charge on any atom is -0.480 e. The van der Waals surface area contributed by atoms with E-state index in [2.05, 4.69) is 6.58 Å². The van der Waals surface area contributed by atoms with E-state index in [4.69, 9.17) is 5.11 Å². The van der Waals surface area contributed by atoms with Crippen LogP contribution in [0.3, 0.4) is 0 Å². The van der Waals surface area contributed by atoms with E-state index in [0.717, 1.165) is 19.3 Å². The molecule has 0 bridgehead atoms. The van der Waals surface area contributed by atoms with Gasteiger partial charge >= 0.3 is 5.97 Å². The molecule has 1 saturated heterocycles. The standard InChI is InChI=1S/C10H15NO3/c1-2-9(12)11-7-5-3-4-6-8(11)10(13)14/h2,8H,1,3-7H2,(H,13,14). The number of aliphatic carboxylic acids is 1. The summed E-state index contributed by atoms with van der Waals surface area (Å²) in [6.45, 7) is 3.91. The van der Waals surface area contributed by atoms with Crippen LogP contribution in [0.2, 0.25) is 0 Å². The maximum Gasteiger partial charge on any atom is 0.326 e. The normalized spacial score (nSPS) is 22.6. The van der Waals surface area contributed by atoms with Crippen LogP contribution < -0.4 is 0 Å². The second-order valence-electron chi connectivity index (χ2n) is 3.44. The van der Waals surface area contributed by atoms with Crippen LogP contribution in [0.15, 0.2) is 12.7 Å². The molecule has 1 unspecified atom stereocenters. The molecule has 1 atom stereocenters. The van der Waals surface area contributed by atoms with E-state index >= 15 is 0 Å². The number of hydrogen-bond acceptors (Lipinski definition) is 2. The molecular weight excluding hydrogens is 182 g/mol. The number of hydrogen-bond donors (Lipinski definition) is 1. The first-order valence-corrected chi connectivity index (χ1v) is 4.82. The highest BCUT2D eigenvalue weighted by Gasteiger charge is 2.29. The van der Waals surface area contributed by atoms with E-state index in [9.17, 15) is 9.59 Å². The van der Waals surface area contributed by atoms with E-state index < -0.39 is 12.0 Å². The van der Waals surface area contributed by atoms with Crippen LogP contribution in [0.4, 0.5) is 0 Å². The molecule has 1 rings (SSSR count). The van der Waals surface area contributed by atoms with Gasteiger partial charge in [-0.25, -0.2) is 4.79 Å². The number of carboxylic acid groups (broad SMARTS) is 1. The summed E-state index contributed by atoms with van der Waals surface area (Å²) in [5.41, 5.74) is 0. The Bertz CT molecular complexity index is 250. The smallest absolute Gasteiger partial charge is 0.326 e. The summed E-state index contributed by atoms with van der Waals surface area (Å²) in [4.78, 5) is 23.7. The third-order valence-electron chi connectivity index (χ3n) is 2.50. The monoisotopic (exact) mass is 197 g/mol. The van der Waals surface area contributed by atoms with Crippen LogP contribution in [0.25, 0.3) is 0 Å². The summed E-state index contributed by atoms with van der Waals surface area (Å²) in [6, 6.07) is -0.664. The molecule has 1 fully saturated rings. The molecule has 0 aromatic carbocycles. The number of amides is 1. The summed E-state index contributed by atoms with van der Waals surface area (Å²) in [5.74, 6) is -1.19. The lowest BCUT2D eigenvalue weighted by molar-refractivity contribution is -0.148. The molecule has 4 nitrogen and oxygen atoms in total. The first kappa shape index (κ1) is 10.8. The summed E-state index contributed by atoms with van der Waals surface area (Å²) < 4.78 is 0. The average molecular weight is 197 g/mol. The third-order valence-corrected chi connectivity index (χ3v) is 2.50. The van der Waals surface area contributed by atoms with Gasteiger partial charge in [-0.2, -0.15) is 0 Å². The Morgan fingerprint density at radius 1 is 1.36 bits per heavy atom. The van der Waals surface area contributed by atoms with Gasteiger partial charge in [-0.1, -0.05) is 19.4 Å². The largest absolute Gasteiger partial charge is 0.480 e. The van der Waals surface area contributed by atoms with Crippen LogP contribution in [0.1, 0.15) is 25.7 Å². The fourth-order valence-corrected chi connectivity index (χ4v) is 1.75. The lowest BCUT2D eigenvalue weighted by Crippen LogP contribution is -2.43. The van der Waals surface area contributed by atoms with Crippen molar-refractivity contribution in [1.29, 1.82) is 0 Å². The number of likely N-dealkylation sites (tertiary alicyclic amines) is 1. The average Bonchev–Trinajstić information content (AvgIpc) is 2.41. The van der Waals surface area contributed by atoms with Gasteiger partial charge in [-0.05, 0) is 18.9 Å². The van der Waals surface area contributed by atoms with Crippen molar-refractivity contribution < 1.29 is 14.7 Å². The predicted octanol–water partition coefficient (Wildman–Crippen LogP) is 1.03. The van der Waals surface area contributed by atoms with Crippen molar-refractivity contribution in [3.05, 3.63) is 12.7 Å². The zero-order chi connectivity index (χ0) is 10.6. The summed E-state index contributed by atoms with van der Waals surface area (Å²) in [5, 5.41) is 8.95. The van der Waals surface area contributed by atoms with E-state index in [1.807, 2.05) is 0 Å². The van der Waals surface area contributed by atoms with Crippen LogP contribution in [0.5, 0.6) is 0 Å². The van der Waals surface area contributed by atoms with Gasteiger partial charge in [-0.15, -0.1) is 0 Å². The minimum absolute atomic E-state index is 0.278. The van der Waals surface area contributed by atoms with Crippen molar-refractivity contribution in [2.24, 2.45) is 0 Å². The molecular formula is C10H15NO3. The maximum absolute atomic E-state index is 11.4. The Kier molecular flexibility index (Phi) is 3.68. The molecule has 0 aromatic rings. The Balaban J connectivity index is 2.78. The van der Waals surface area contributed by atoms with Gasteiger partial charge in [0.2, 0.25) is 5.91 Å². The Morgan fingerprint density at radius 3 is 2.64 bits per heavy atom. The molecule has 1 amide bonds. The first-order chi connectivity index (χ1) is 6.66. The molecule has 4 heteroatoms. The van der Waals surface area contributed by atoms with Crippen molar-refractivity contribution in [3.8, 4) is 0 Å². The number of nitrogens with zero attached hydrogens (tertiary/aromatic N) is 1. The topological polar surface area (TPSA) is 57.6 Å². The van der Waals surface area contributed by atoms with Crippen molar-refractivity contribution in [2.75, 3.05) is 6.54 Å². The van der Waals surface area contributed by atoms with Crippen molar-refractivity contribution in [1.82, 2.24) is 4.90 Å². The summed E-state index contributed by atoms with van der Waals surface area (Å²) >= 11 is 0. The van der Waals surface area contributed by atoms with Crippen molar-refractivity contribution in [3.63, 3.8) is 0 Å². The molecule has 0 aromatic heterocycles. The van der Waals surface area contributed by atoms with Crippen LogP contribution in [-0.2, 0) is 9.59 Å². The van der Waals surface area contributed by atoms with E-state index in [1.54, 1.807) is 0 Å².